The van der Waals surface area contributed by atoms with Gasteiger partial charge in [-0.2, -0.15) is 5.10 Å². The summed E-state index contributed by atoms with van der Waals surface area (Å²) in [5.41, 5.74) is 1.88. The number of rotatable bonds is 6. The van der Waals surface area contributed by atoms with Crippen LogP contribution in [0.15, 0.2) is 12.4 Å². The molecule has 1 aliphatic rings. The first-order chi connectivity index (χ1) is 8.71. The fraction of sp³-hybridized carbons (Fsp3) is 0.800. The second-order valence-corrected chi connectivity index (χ2v) is 5.47. The van der Waals surface area contributed by atoms with Crippen LogP contribution in [0.1, 0.15) is 58.4 Å². The number of aryl methyl sites for hydroxylation is 1. The fourth-order valence-electron chi connectivity index (χ4n) is 3.76. The first kappa shape index (κ1) is 13.6. The summed E-state index contributed by atoms with van der Waals surface area (Å²) in [7, 11) is 0. The zero-order valence-electron chi connectivity index (χ0n) is 12.2. The number of nitrogens with zero attached hydrogens (tertiary/aromatic N) is 2. The quantitative estimate of drug-likeness (QED) is 0.839. The van der Waals surface area contributed by atoms with Crippen LogP contribution in [0.25, 0.3) is 0 Å². The molecule has 2 rings (SSSR count). The monoisotopic (exact) mass is 249 g/mol. The molecule has 1 aromatic heterocycles. The summed E-state index contributed by atoms with van der Waals surface area (Å²) < 4.78 is 2.05. The van der Waals surface area contributed by atoms with Gasteiger partial charge in [0.25, 0.3) is 0 Å². The van der Waals surface area contributed by atoms with Gasteiger partial charge < -0.3 is 5.32 Å². The average molecular weight is 249 g/mol. The second-order valence-electron chi connectivity index (χ2n) is 5.47. The smallest absolute Gasteiger partial charge is 0.0524 e. The first-order valence-corrected chi connectivity index (χ1v) is 7.47. The lowest BCUT2D eigenvalue weighted by atomic mass is 9.52. The molecule has 2 unspecified atom stereocenters. The van der Waals surface area contributed by atoms with E-state index in [2.05, 4.69) is 50.5 Å². The van der Waals surface area contributed by atoms with Crippen molar-refractivity contribution in [3.63, 3.8) is 0 Å². The van der Waals surface area contributed by atoms with E-state index in [1.807, 2.05) is 4.68 Å². The molecule has 3 nitrogen and oxygen atoms in total. The average Bonchev–Trinajstić information content (AvgIpc) is 2.84. The SMILES string of the molecule is CCNC1CC(c2cnn(CC)c2)C1(CC)CC. The van der Waals surface area contributed by atoms with E-state index in [0.717, 1.165) is 13.1 Å². The van der Waals surface area contributed by atoms with Crippen molar-refractivity contribution in [3.05, 3.63) is 18.0 Å². The molecule has 18 heavy (non-hydrogen) atoms. The third kappa shape index (κ3) is 1.99. The number of hydrogen-bond donors (Lipinski definition) is 1. The molecule has 0 radical (unpaired) electrons. The Hall–Kier alpha value is -0.830. The van der Waals surface area contributed by atoms with Gasteiger partial charge in [-0.3, -0.25) is 4.68 Å². The second kappa shape index (κ2) is 5.43. The summed E-state index contributed by atoms with van der Waals surface area (Å²) in [6.07, 6.45) is 8.10. The van der Waals surface area contributed by atoms with Gasteiger partial charge in [0.1, 0.15) is 0 Å². The maximum absolute atomic E-state index is 4.44. The fourth-order valence-corrected chi connectivity index (χ4v) is 3.76. The van der Waals surface area contributed by atoms with Crippen LogP contribution in [0.3, 0.4) is 0 Å². The van der Waals surface area contributed by atoms with Crippen LogP contribution < -0.4 is 5.32 Å². The summed E-state index contributed by atoms with van der Waals surface area (Å²) in [6, 6.07) is 0.687. The van der Waals surface area contributed by atoms with Gasteiger partial charge in [-0.25, -0.2) is 0 Å². The van der Waals surface area contributed by atoms with E-state index in [-0.39, 0.29) is 0 Å². The molecule has 0 bridgehead atoms. The maximum atomic E-state index is 4.44. The number of aromatic nitrogens is 2. The molecule has 0 aromatic carbocycles. The molecular formula is C15H27N3. The highest BCUT2D eigenvalue weighted by Gasteiger charge is 2.52. The first-order valence-electron chi connectivity index (χ1n) is 7.47. The predicted molar refractivity (Wildman–Crippen MR) is 75.7 cm³/mol. The number of hydrogen-bond acceptors (Lipinski definition) is 2. The third-order valence-electron chi connectivity index (χ3n) is 5.01. The zero-order chi connectivity index (χ0) is 13.2. The lowest BCUT2D eigenvalue weighted by molar-refractivity contribution is 0.0210. The van der Waals surface area contributed by atoms with Gasteiger partial charge in [-0.1, -0.05) is 20.8 Å². The van der Waals surface area contributed by atoms with Crippen molar-refractivity contribution in [1.29, 1.82) is 0 Å². The van der Waals surface area contributed by atoms with Crippen molar-refractivity contribution in [2.24, 2.45) is 5.41 Å². The van der Waals surface area contributed by atoms with Crippen LogP contribution in [0.2, 0.25) is 0 Å². The van der Waals surface area contributed by atoms with Crippen LogP contribution in [0.4, 0.5) is 0 Å². The Kier molecular flexibility index (Phi) is 4.10. The van der Waals surface area contributed by atoms with E-state index in [0.29, 0.717) is 17.4 Å². The van der Waals surface area contributed by atoms with Crippen molar-refractivity contribution in [3.8, 4) is 0 Å². The van der Waals surface area contributed by atoms with E-state index in [1.54, 1.807) is 0 Å². The molecule has 3 heteroatoms. The van der Waals surface area contributed by atoms with Crippen LogP contribution in [0, 0.1) is 5.41 Å². The largest absolute Gasteiger partial charge is 0.314 e. The molecular weight excluding hydrogens is 222 g/mol. The van der Waals surface area contributed by atoms with E-state index in [4.69, 9.17) is 0 Å². The molecule has 1 aliphatic carbocycles. The Balaban J connectivity index is 2.18. The molecule has 0 saturated heterocycles. The zero-order valence-corrected chi connectivity index (χ0v) is 12.2. The Labute approximate surface area is 111 Å². The minimum absolute atomic E-state index is 0.442. The highest BCUT2D eigenvalue weighted by Crippen LogP contribution is 2.57. The topological polar surface area (TPSA) is 29.9 Å². The van der Waals surface area contributed by atoms with E-state index >= 15 is 0 Å². The van der Waals surface area contributed by atoms with Gasteiger partial charge in [0.15, 0.2) is 0 Å². The standard InChI is InChI=1S/C15H27N3/c1-5-15(6-2)13(9-14(15)16-7-3)12-10-17-18(8-4)11-12/h10-11,13-14,16H,5-9H2,1-4H3. The van der Waals surface area contributed by atoms with Gasteiger partial charge in [0, 0.05) is 18.8 Å². The molecule has 0 spiro atoms. The molecule has 1 fully saturated rings. The molecule has 1 aromatic rings. The summed E-state index contributed by atoms with van der Waals surface area (Å²) in [5.74, 6) is 0.692. The minimum Gasteiger partial charge on any atom is -0.314 e. The molecule has 102 valence electrons. The van der Waals surface area contributed by atoms with Crippen molar-refractivity contribution >= 4 is 0 Å². The Morgan fingerprint density at radius 1 is 1.33 bits per heavy atom. The van der Waals surface area contributed by atoms with E-state index in [1.165, 1.54) is 24.8 Å². The molecule has 1 heterocycles. The van der Waals surface area contributed by atoms with Crippen LogP contribution >= 0.6 is 0 Å². The van der Waals surface area contributed by atoms with Gasteiger partial charge in [0.2, 0.25) is 0 Å². The van der Waals surface area contributed by atoms with Crippen molar-refractivity contribution in [2.45, 2.75) is 65.5 Å². The Morgan fingerprint density at radius 3 is 2.56 bits per heavy atom. The van der Waals surface area contributed by atoms with Crippen molar-refractivity contribution < 1.29 is 0 Å². The predicted octanol–water partition coefficient (Wildman–Crippen LogP) is 3.17. The van der Waals surface area contributed by atoms with Crippen LogP contribution in [-0.2, 0) is 6.54 Å². The lowest BCUT2D eigenvalue weighted by Gasteiger charge is -2.56. The highest BCUT2D eigenvalue weighted by atomic mass is 15.3. The van der Waals surface area contributed by atoms with Gasteiger partial charge >= 0.3 is 0 Å². The maximum Gasteiger partial charge on any atom is 0.0524 e. The van der Waals surface area contributed by atoms with Gasteiger partial charge in [-0.15, -0.1) is 0 Å². The van der Waals surface area contributed by atoms with Crippen LogP contribution in [0.5, 0.6) is 0 Å². The summed E-state index contributed by atoms with van der Waals surface area (Å²) >= 11 is 0. The van der Waals surface area contributed by atoms with E-state index in [9.17, 15) is 0 Å². The third-order valence-corrected chi connectivity index (χ3v) is 5.01. The molecule has 0 amide bonds. The highest BCUT2D eigenvalue weighted by molar-refractivity contribution is 5.24. The molecule has 2 atom stereocenters. The van der Waals surface area contributed by atoms with Crippen molar-refractivity contribution in [2.75, 3.05) is 6.54 Å². The minimum atomic E-state index is 0.442. The van der Waals surface area contributed by atoms with Crippen molar-refractivity contribution in [1.82, 2.24) is 15.1 Å². The van der Waals surface area contributed by atoms with E-state index < -0.39 is 0 Å². The summed E-state index contributed by atoms with van der Waals surface area (Å²) in [5, 5.41) is 8.11. The Morgan fingerprint density at radius 2 is 2.06 bits per heavy atom. The summed E-state index contributed by atoms with van der Waals surface area (Å²) in [4.78, 5) is 0. The van der Waals surface area contributed by atoms with Crippen LogP contribution in [-0.4, -0.2) is 22.4 Å². The normalized spacial score (nSPS) is 26.0. The summed E-state index contributed by atoms with van der Waals surface area (Å²) in [6.45, 7) is 11.1. The molecule has 1 N–H and O–H groups in total. The Bertz CT molecular complexity index is 379. The van der Waals surface area contributed by atoms with Gasteiger partial charge in [-0.05, 0) is 49.6 Å². The lowest BCUT2D eigenvalue weighted by Crippen LogP contribution is -2.58. The molecule has 1 saturated carbocycles. The van der Waals surface area contributed by atoms with Gasteiger partial charge in [0.05, 0.1) is 6.20 Å². The molecule has 0 aliphatic heterocycles. The number of nitrogens with one attached hydrogen (secondary N) is 1.